The second kappa shape index (κ2) is 4.07. The van der Waals surface area contributed by atoms with Crippen LogP contribution in [0.25, 0.3) is 0 Å². The molecule has 0 aliphatic carbocycles. The highest BCUT2D eigenvalue weighted by Gasteiger charge is 2.15. The fourth-order valence-corrected chi connectivity index (χ4v) is 1.38. The maximum absolute atomic E-state index is 12.6. The molecular formula is C10H12ClFO. The molecule has 0 amide bonds. The monoisotopic (exact) mass is 202 g/mol. The van der Waals surface area contributed by atoms with Crippen LogP contribution in [0, 0.1) is 11.7 Å². The van der Waals surface area contributed by atoms with E-state index in [2.05, 4.69) is 0 Å². The number of rotatable bonds is 2. The van der Waals surface area contributed by atoms with Gasteiger partial charge < -0.3 is 5.11 Å². The molecule has 0 radical (unpaired) electrons. The van der Waals surface area contributed by atoms with Crippen LogP contribution in [0.4, 0.5) is 4.39 Å². The van der Waals surface area contributed by atoms with Crippen LogP contribution < -0.4 is 0 Å². The molecule has 13 heavy (non-hydrogen) atoms. The Morgan fingerprint density at radius 3 is 2.46 bits per heavy atom. The van der Waals surface area contributed by atoms with Crippen molar-refractivity contribution in [2.45, 2.75) is 20.0 Å². The lowest BCUT2D eigenvalue weighted by Gasteiger charge is -2.15. The molecular weight excluding hydrogens is 191 g/mol. The molecule has 1 N–H and O–H groups in total. The van der Waals surface area contributed by atoms with Crippen molar-refractivity contribution in [2.24, 2.45) is 5.92 Å². The molecule has 3 heteroatoms. The van der Waals surface area contributed by atoms with Crippen LogP contribution in [-0.4, -0.2) is 5.11 Å². The summed E-state index contributed by atoms with van der Waals surface area (Å²) < 4.78 is 12.6. The van der Waals surface area contributed by atoms with Gasteiger partial charge in [-0.1, -0.05) is 31.5 Å². The molecule has 0 bridgehead atoms. The SMILES string of the molecule is CC(C)C(O)c1ccc(F)cc1Cl. The smallest absolute Gasteiger partial charge is 0.124 e. The van der Waals surface area contributed by atoms with Crippen molar-refractivity contribution in [3.8, 4) is 0 Å². The first-order valence-corrected chi connectivity index (χ1v) is 4.53. The van der Waals surface area contributed by atoms with E-state index in [0.717, 1.165) is 0 Å². The molecule has 1 unspecified atom stereocenters. The van der Waals surface area contributed by atoms with Gasteiger partial charge in [0.1, 0.15) is 5.82 Å². The van der Waals surface area contributed by atoms with E-state index < -0.39 is 6.10 Å². The van der Waals surface area contributed by atoms with Gasteiger partial charge in [-0.25, -0.2) is 4.39 Å². The van der Waals surface area contributed by atoms with E-state index in [-0.39, 0.29) is 16.8 Å². The topological polar surface area (TPSA) is 20.2 Å². The van der Waals surface area contributed by atoms with E-state index in [9.17, 15) is 9.50 Å². The average Bonchev–Trinajstić information content (AvgIpc) is 2.03. The highest BCUT2D eigenvalue weighted by Crippen LogP contribution is 2.28. The Morgan fingerprint density at radius 1 is 1.38 bits per heavy atom. The maximum Gasteiger partial charge on any atom is 0.124 e. The largest absolute Gasteiger partial charge is 0.388 e. The summed E-state index contributed by atoms with van der Waals surface area (Å²) in [5, 5.41) is 9.94. The van der Waals surface area contributed by atoms with Gasteiger partial charge in [0, 0.05) is 5.02 Å². The highest BCUT2D eigenvalue weighted by molar-refractivity contribution is 6.31. The minimum atomic E-state index is -0.631. The zero-order valence-electron chi connectivity index (χ0n) is 7.59. The Labute approximate surface area is 82.2 Å². The van der Waals surface area contributed by atoms with Crippen molar-refractivity contribution in [3.05, 3.63) is 34.6 Å². The molecule has 1 aromatic rings. The predicted molar refractivity (Wildman–Crippen MR) is 51.2 cm³/mol. The van der Waals surface area contributed by atoms with Crippen LogP contribution in [0.3, 0.4) is 0 Å². The Bertz CT molecular complexity index is 299. The molecule has 0 saturated heterocycles. The molecule has 1 rings (SSSR count). The van der Waals surface area contributed by atoms with Crippen LogP contribution in [-0.2, 0) is 0 Å². The number of aliphatic hydroxyl groups is 1. The maximum atomic E-state index is 12.6. The normalized spacial score (nSPS) is 13.4. The van der Waals surface area contributed by atoms with Crippen LogP contribution in [0.1, 0.15) is 25.5 Å². The minimum absolute atomic E-state index is 0.0722. The fraction of sp³-hybridized carbons (Fsp3) is 0.400. The summed E-state index contributed by atoms with van der Waals surface area (Å²) >= 11 is 5.77. The lowest BCUT2D eigenvalue weighted by atomic mass is 9.99. The van der Waals surface area contributed by atoms with Crippen molar-refractivity contribution >= 4 is 11.6 Å². The van der Waals surface area contributed by atoms with Gasteiger partial charge in [-0.3, -0.25) is 0 Å². The number of aliphatic hydroxyl groups excluding tert-OH is 1. The molecule has 1 atom stereocenters. The molecule has 1 nitrogen and oxygen atoms in total. The van der Waals surface area contributed by atoms with Gasteiger partial charge in [-0.15, -0.1) is 0 Å². The van der Waals surface area contributed by atoms with Gasteiger partial charge in [-0.2, -0.15) is 0 Å². The second-order valence-corrected chi connectivity index (χ2v) is 3.76. The Kier molecular flexibility index (Phi) is 3.28. The summed E-state index contributed by atoms with van der Waals surface area (Å²) in [5.74, 6) is -0.312. The summed E-state index contributed by atoms with van der Waals surface area (Å²) in [6.07, 6.45) is -0.631. The van der Waals surface area contributed by atoms with Crippen molar-refractivity contribution < 1.29 is 9.50 Å². The molecule has 72 valence electrons. The van der Waals surface area contributed by atoms with Gasteiger partial charge in [0.25, 0.3) is 0 Å². The van der Waals surface area contributed by atoms with E-state index in [1.54, 1.807) is 0 Å². The van der Waals surface area contributed by atoms with E-state index in [0.29, 0.717) is 5.56 Å². The Balaban J connectivity index is 3.01. The van der Waals surface area contributed by atoms with Gasteiger partial charge in [0.2, 0.25) is 0 Å². The highest BCUT2D eigenvalue weighted by atomic mass is 35.5. The standard InChI is InChI=1S/C10H12ClFO/c1-6(2)10(13)8-4-3-7(12)5-9(8)11/h3-6,10,13H,1-2H3. The predicted octanol–water partition coefficient (Wildman–Crippen LogP) is 3.17. The van der Waals surface area contributed by atoms with Gasteiger partial charge in [-0.05, 0) is 23.6 Å². The van der Waals surface area contributed by atoms with E-state index in [4.69, 9.17) is 11.6 Å². The zero-order chi connectivity index (χ0) is 10.0. The van der Waals surface area contributed by atoms with Crippen LogP contribution >= 0.6 is 11.6 Å². The first-order chi connectivity index (χ1) is 6.02. The molecule has 0 spiro atoms. The average molecular weight is 203 g/mol. The first kappa shape index (κ1) is 10.5. The summed E-state index contributed by atoms with van der Waals surface area (Å²) in [7, 11) is 0. The van der Waals surface area contributed by atoms with Crippen LogP contribution in [0.5, 0.6) is 0 Å². The number of hydrogen-bond acceptors (Lipinski definition) is 1. The summed E-state index contributed by atoms with van der Waals surface area (Å²) in [5.41, 5.74) is 0.582. The second-order valence-electron chi connectivity index (χ2n) is 3.35. The van der Waals surface area contributed by atoms with Crippen molar-refractivity contribution in [2.75, 3.05) is 0 Å². The van der Waals surface area contributed by atoms with Crippen LogP contribution in [0.2, 0.25) is 5.02 Å². The molecule has 1 aromatic carbocycles. The van der Waals surface area contributed by atoms with E-state index in [1.807, 2.05) is 13.8 Å². The van der Waals surface area contributed by atoms with E-state index in [1.165, 1.54) is 18.2 Å². The third-order valence-electron chi connectivity index (χ3n) is 1.91. The summed E-state index contributed by atoms with van der Waals surface area (Å²) in [6.45, 7) is 3.76. The van der Waals surface area contributed by atoms with Crippen molar-refractivity contribution in [3.63, 3.8) is 0 Å². The summed E-state index contributed by atoms with van der Waals surface area (Å²) in [4.78, 5) is 0. The van der Waals surface area contributed by atoms with Crippen LogP contribution in [0.15, 0.2) is 18.2 Å². The van der Waals surface area contributed by atoms with Crippen molar-refractivity contribution in [1.29, 1.82) is 0 Å². The van der Waals surface area contributed by atoms with Crippen molar-refractivity contribution in [1.82, 2.24) is 0 Å². The molecule has 0 aliphatic rings. The fourth-order valence-electron chi connectivity index (χ4n) is 1.10. The summed E-state index contributed by atoms with van der Waals surface area (Å²) in [6, 6.07) is 4.03. The van der Waals surface area contributed by atoms with E-state index >= 15 is 0 Å². The minimum Gasteiger partial charge on any atom is -0.388 e. The number of hydrogen-bond donors (Lipinski definition) is 1. The molecule has 0 heterocycles. The molecule has 0 aromatic heterocycles. The van der Waals surface area contributed by atoms with Gasteiger partial charge in [0.15, 0.2) is 0 Å². The Morgan fingerprint density at radius 2 is 2.00 bits per heavy atom. The lowest BCUT2D eigenvalue weighted by Crippen LogP contribution is -2.06. The first-order valence-electron chi connectivity index (χ1n) is 4.15. The number of benzene rings is 1. The lowest BCUT2D eigenvalue weighted by molar-refractivity contribution is 0.127. The molecule has 0 fully saturated rings. The molecule has 0 saturated carbocycles. The number of halogens is 2. The third-order valence-corrected chi connectivity index (χ3v) is 2.24. The Hall–Kier alpha value is -0.600. The van der Waals surface area contributed by atoms with Gasteiger partial charge in [0.05, 0.1) is 6.10 Å². The third kappa shape index (κ3) is 2.42. The van der Waals surface area contributed by atoms with Gasteiger partial charge >= 0.3 is 0 Å². The zero-order valence-corrected chi connectivity index (χ0v) is 8.35. The quantitative estimate of drug-likeness (QED) is 0.781. The molecule has 0 aliphatic heterocycles.